The number of phenols is 1. The Bertz CT molecular complexity index is 350. The molecule has 0 saturated carbocycles. The SMILES string of the molecule is COC(=O)CCCc1ccc(Br)c(O)c1. The third-order valence-corrected chi connectivity index (χ3v) is 2.76. The van der Waals surface area contributed by atoms with E-state index in [4.69, 9.17) is 0 Å². The molecule has 0 amide bonds. The monoisotopic (exact) mass is 272 g/mol. The number of hydrogen-bond acceptors (Lipinski definition) is 3. The van der Waals surface area contributed by atoms with Crippen LogP contribution in [0.25, 0.3) is 0 Å². The molecule has 0 spiro atoms. The highest BCUT2D eigenvalue weighted by atomic mass is 79.9. The lowest BCUT2D eigenvalue weighted by atomic mass is 10.1. The van der Waals surface area contributed by atoms with Crippen molar-refractivity contribution in [2.75, 3.05) is 7.11 Å². The first-order valence-corrected chi connectivity index (χ1v) is 5.47. The summed E-state index contributed by atoms with van der Waals surface area (Å²) in [7, 11) is 1.38. The van der Waals surface area contributed by atoms with Gasteiger partial charge in [0.25, 0.3) is 0 Å². The molecular formula is C11H13BrO3. The van der Waals surface area contributed by atoms with Crippen LogP contribution in [0.15, 0.2) is 22.7 Å². The fraction of sp³-hybridized carbons (Fsp3) is 0.364. The van der Waals surface area contributed by atoms with Gasteiger partial charge in [-0.05, 0) is 46.5 Å². The molecule has 0 aliphatic carbocycles. The lowest BCUT2D eigenvalue weighted by Gasteiger charge is -2.03. The predicted molar refractivity (Wildman–Crippen MR) is 60.8 cm³/mol. The molecule has 15 heavy (non-hydrogen) atoms. The molecule has 0 atom stereocenters. The minimum absolute atomic E-state index is 0.198. The van der Waals surface area contributed by atoms with Gasteiger partial charge in [-0.15, -0.1) is 0 Å². The van der Waals surface area contributed by atoms with E-state index < -0.39 is 0 Å². The molecule has 1 aromatic carbocycles. The van der Waals surface area contributed by atoms with Crippen LogP contribution in [0, 0.1) is 0 Å². The van der Waals surface area contributed by atoms with Gasteiger partial charge in [0.05, 0.1) is 11.6 Å². The smallest absolute Gasteiger partial charge is 0.305 e. The second-order valence-electron chi connectivity index (χ2n) is 3.22. The average molecular weight is 273 g/mol. The number of ether oxygens (including phenoxy) is 1. The van der Waals surface area contributed by atoms with E-state index in [2.05, 4.69) is 20.7 Å². The maximum absolute atomic E-state index is 10.8. The standard InChI is InChI=1S/C11H13BrO3/c1-15-11(14)4-2-3-8-5-6-9(12)10(13)7-8/h5-7,13H,2-4H2,1H3. The van der Waals surface area contributed by atoms with Gasteiger partial charge in [0.2, 0.25) is 0 Å². The molecule has 0 aliphatic heterocycles. The van der Waals surface area contributed by atoms with Crippen LogP contribution in [-0.2, 0) is 16.0 Å². The zero-order valence-electron chi connectivity index (χ0n) is 8.50. The Labute approximate surface area is 97.2 Å². The summed E-state index contributed by atoms with van der Waals surface area (Å²) in [6.07, 6.45) is 1.90. The molecule has 4 heteroatoms. The fourth-order valence-corrected chi connectivity index (χ4v) is 1.50. The average Bonchev–Trinajstić information content (AvgIpc) is 2.23. The van der Waals surface area contributed by atoms with Gasteiger partial charge in [-0.1, -0.05) is 6.07 Å². The number of rotatable bonds is 4. The van der Waals surface area contributed by atoms with Crippen molar-refractivity contribution in [2.24, 2.45) is 0 Å². The van der Waals surface area contributed by atoms with Crippen molar-refractivity contribution >= 4 is 21.9 Å². The normalized spacial score (nSPS) is 10.0. The Morgan fingerprint density at radius 2 is 2.27 bits per heavy atom. The molecule has 0 radical (unpaired) electrons. The van der Waals surface area contributed by atoms with Crippen LogP contribution in [0.3, 0.4) is 0 Å². The number of aryl methyl sites for hydroxylation is 1. The third kappa shape index (κ3) is 3.91. The third-order valence-electron chi connectivity index (χ3n) is 2.08. The molecule has 0 fully saturated rings. The van der Waals surface area contributed by atoms with Crippen LogP contribution in [-0.4, -0.2) is 18.2 Å². The van der Waals surface area contributed by atoms with Crippen molar-refractivity contribution in [1.29, 1.82) is 0 Å². The first-order chi connectivity index (χ1) is 7.13. The molecule has 82 valence electrons. The molecule has 0 aromatic heterocycles. The summed E-state index contributed by atoms with van der Waals surface area (Å²) in [5, 5.41) is 9.42. The van der Waals surface area contributed by atoms with Gasteiger partial charge in [-0.2, -0.15) is 0 Å². The van der Waals surface area contributed by atoms with E-state index in [0.29, 0.717) is 10.9 Å². The van der Waals surface area contributed by atoms with E-state index in [0.717, 1.165) is 18.4 Å². The Morgan fingerprint density at radius 3 is 2.87 bits per heavy atom. The summed E-state index contributed by atoms with van der Waals surface area (Å²) >= 11 is 3.21. The summed E-state index contributed by atoms with van der Waals surface area (Å²) in [6, 6.07) is 5.41. The van der Waals surface area contributed by atoms with Crippen molar-refractivity contribution in [1.82, 2.24) is 0 Å². The number of carbonyl (C=O) groups is 1. The van der Waals surface area contributed by atoms with Gasteiger partial charge in [0.15, 0.2) is 0 Å². The number of esters is 1. The van der Waals surface area contributed by atoms with Crippen LogP contribution < -0.4 is 0 Å². The molecule has 1 N–H and O–H groups in total. The molecular weight excluding hydrogens is 260 g/mol. The van der Waals surface area contributed by atoms with Gasteiger partial charge in [0.1, 0.15) is 5.75 Å². The number of hydrogen-bond donors (Lipinski definition) is 1. The quantitative estimate of drug-likeness (QED) is 0.858. The largest absolute Gasteiger partial charge is 0.507 e. The Hall–Kier alpha value is -1.03. The summed E-state index contributed by atoms with van der Waals surface area (Å²) in [6.45, 7) is 0. The van der Waals surface area contributed by atoms with E-state index in [1.165, 1.54) is 7.11 Å². The zero-order chi connectivity index (χ0) is 11.3. The molecule has 0 aliphatic rings. The van der Waals surface area contributed by atoms with Gasteiger partial charge in [-0.25, -0.2) is 0 Å². The van der Waals surface area contributed by atoms with Crippen LogP contribution >= 0.6 is 15.9 Å². The molecule has 1 rings (SSSR count). The zero-order valence-corrected chi connectivity index (χ0v) is 10.1. The number of methoxy groups -OCH3 is 1. The highest BCUT2D eigenvalue weighted by molar-refractivity contribution is 9.10. The number of halogens is 1. The van der Waals surface area contributed by atoms with E-state index >= 15 is 0 Å². The van der Waals surface area contributed by atoms with Crippen molar-refractivity contribution in [3.8, 4) is 5.75 Å². The first-order valence-electron chi connectivity index (χ1n) is 4.67. The van der Waals surface area contributed by atoms with Crippen LogP contribution in [0.5, 0.6) is 5.75 Å². The molecule has 0 saturated heterocycles. The summed E-state index contributed by atoms with van der Waals surface area (Å²) < 4.78 is 5.22. The maximum atomic E-state index is 10.8. The van der Waals surface area contributed by atoms with E-state index in [-0.39, 0.29) is 11.7 Å². The molecule has 0 unspecified atom stereocenters. The van der Waals surface area contributed by atoms with Crippen LogP contribution in [0.2, 0.25) is 0 Å². The fourth-order valence-electron chi connectivity index (χ4n) is 1.25. The van der Waals surface area contributed by atoms with Gasteiger partial charge >= 0.3 is 5.97 Å². The van der Waals surface area contributed by atoms with E-state index in [1.54, 1.807) is 12.1 Å². The lowest BCUT2D eigenvalue weighted by Crippen LogP contribution is -2.00. The van der Waals surface area contributed by atoms with Crippen LogP contribution in [0.1, 0.15) is 18.4 Å². The second kappa shape index (κ2) is 5.75. The maximum Gasteiger partial charge on any atom is 0.305 e. The minimum atomic E-state index is -0.198. The highest BCUT2D eigenvalue weighted by Crippen LogP contribution is 2.24. The molecule has 3 nitrogen and oxygen atoms in total. The lowest BCUT2D eigenvalue weighted by molar-refractivity contribution is -0.140. The molecule has 0 bridgehead atoms. The van der Waals surface area contributed by atoms with Gasteiger partial charge in [-0.3, -0.25) is 4.79 Å². The second-order valence-corrected chi connectivity index (χ2v) is 4.07. The predicted octanol–water partition coefficient (Wildman–Crippen LogP) is 2.65. The van der Waals surface area contributed by atoms with Crippen molar-refractivity contribution in [3.63, 3.8) is 0 Å². The van der Waals surface area contributed by atoms with Crippen molar-refractivity contribution in [2.45, 2.75) is 19.3 Å². The molecule has 0 heterocycles. The first kappa shape index (κ1) is 12.0. The molecule has 1 aromatic rings. The topological polar surface area (TPSA) is 46.5 Å². The Kier molecular flexibility index (Phi) is 4.62. The highest BCUT2D eigenvalue weighted by Gasteiger charge is 2.02. The number of benzene rings is 1. The van der Waals surface area contributed by atoms with E-state index in [1.807, 2.05) is 6.07 Å². The Balaban J connectivity index is 2.44. The summed E-state index contributed by atoms with van der Waals surface area (Å²) in [5.74, 6) is 0.0295. The van der Waals surface area contributed by atoms with Crippen molar-refractivity contribution in [3.05, 3.63) is 28.2 Å². The minimum Gasteiger partial charge on any atom is -0.507 e. The number of carbonyl (C=O) groups excluding carboxylic acids is 1. The summed E-state index contributed by atoms with van der Waals surface area (Å²) in [4.78, 5) is 10.8. The Morgan fingerprint density at radius 1 is 1.53 bits per heavy atom. The number of aromatic hydroxyl groups is 1. The van der Waals surface area contributed by atoms with Crippen LogP contribution in [0.4, 0.5) is 0 Å². The number of phenolic OH excluding ortho intramolecular Hbond substituents is 1. The van der Waals surface area contributed by atoms with Gasteiger partial charge < -0.3 is 9.84 Å². The van der Waals surface area contributed by atoms with Gasteiger partial charge in [0, 0.05) is 6.42 Å². The summed E-state index contributed by atoms with van der Waals surface area (Å²) in [5.41, 5.74) is 1.01. The van der Waals surface area contributed by atoms with Crippen molar-refractivity contribution < 1.29 is 14.6 Å². The van der Waals surface area contributed by atoms with E-state index in [9.17, 15) is 9.90 Å².